The summed E-state index contributed by atoms with van der Waals surface area (Å²) in [5.41, 5.74) is 3.57. The highest BCUT2D eigenvalue weighted by atomic mass is 16.3. The Morgan fingerprint density at radius 3 is 2.73 bits per heavy atom. The number of hydrogen-bond donors (Lipinski definition) is 1. The largest absolute Gasteiger partial charge is 0.393 e. The fourth-order valence-electron chi connectivity index (χ4n) is 6.88. The van der Waals surface area contributed by atoms with E-state index in [1.165, 1.54) is 44.1 Å². The second-order valence-corrected chi connectivity index (χ2v) is 8.73. The summed E-state index contributed by atoms with van der Waals surface area (Å²) in [6, 6.07) is 0. The molecule has 2 nitrogen and oxygen atoms in total. The minimum absolute atomic E-state index is 0.155. The van der Waals surface area contributed by atoms with Gasteiger partial charge in [0.15, 0.2) is 0 Å². The molecule has 6 atom stereocenters. The topological polar surface area (TPSA) is 37.3 Å². The first-order valence-corrected chi connectivity index (χ1v) is 9.41. The Morgan fingerprint density at radius 2 is 1.95 bits per heavy atom. The van der Waals surface area contributed by atoms with Crippen LogP contribution in [0.25, 0.3) is 0 Å². The molecule has 0 bridgehead atoms. The van der Waals surface area contributed by atoms with E-state index in [1.54, 1.807) is 5.57 Å². The van der Waals surface area contributed by atoms with Crippen molar-refractivity contribution in [3.05, 3.63) is 11.1 Å². The van der Waals surface area contributed by atoms with E-state index < -0.39 is 0 Å². The van der Waals surface area contributed by atoms with Crippen molar-refractivity contribution < 1.29 is 9.90 Å². The van der Waals surface area contributed by atoms with Crippen LogP contribution in [0.4, 0.5) is 0 Å². The van der Waals surface area contributed by atoms with Crippen LogP contribution in [0, 0.1) is 29.1 Å². The Kier molecular flexibility index (Phi) is 3.52. The third-order valence-electron chi connectivity index (χ3n) is 7.86. The van der Waals surface area contributed by atoms with Crippen LogP contribution in [0.3, 0.4) is 0 Å². The molecule has 1 N–H and O–H groups in total. The number of rotatable bonds is 1. The standard InChI is InChI=1S/C20H30O2/c1-12(21)18-7-8-19-17-5-3-13-11-14(22)4-6-15(13)16(17)9-10-20(18,19)2/h12,16-19,21H,3-11H2,1-2H3/t12-,16-,17-,18+,19-,20-/m1/s1. The van der Waals surface area contributed by atoms with Crippen LogP contribution in [-0.2, 0) is 4.79 Å². The van der Waals surface area contributed by atoms with Gasteiger partial charge in [-0.15, -0.1) is 0 Å². The molecule has 122 valence electrons. The lowest BCUT2D eigenvalue weighted by Gasteiger charge is -2.52. The van der Waals surface area contributed by atoms with E-state index in [2.05, 4.69) is 6.92 Å². The third-order valence-corrected chi connectivity index (χ3v) is 7.86. The molecule has 0 radical (unpaired) electrons. The number of carbonyl (C=O) groups is 1. The first-order chi connectivity index (χ1) is 10.5. The van der Waals surface area contributed by atoms with Gasteiger partial charge in [-0.25, -0.2) is 0 Å². The number of hydrogen-bond acceptors (Lipinski definition) is 2. The summed E-state index contributed by atoms with van der Waals surface area (Å²) < 4.78 is 0. The number of fused-ring (bicyclic) bond motifs is 4. The molecular formula is C20H30O2. The van der Waals surface area contributed by atoms with E-state index in [1.807, 2.05) is 6.92 Å². The lowest BCUT2D eigenvalue weighted by molar-refractivity contribution is -0.119. The zero-order valence-corrected chi connectivity index (χ0v) is 14.1. The molecule has 22 heavy (non-hydrogen) atoms. The van der Waals surface area contributed by atoms with Gasteiger partial charge in [0.25, 0.3) is 0 Å². The second-order valence-electron chi connectivity index (χ2n) is 8.73. The monoisotopic (exact) mass is 302 g/mol. The minimum atomic E-state index is -0.155. The third kappa shape index (κ3) is 2.06. The molecule has 0 aromatic rings. The van der Waals surface area contributed by atoms with E-state index in [4.69, 9.17) is 0 Å². The van der Waals surface area contributed by atoms with Crippen LogP contribution in [0.15, 0.2) is 11.1 Å². The Morgan fingerprint density at radius 1 is 1.14 bits per heavy atom. The van der Waals surface area contributed by atoms with Crippen LogP contribution in [-0.4, -0.2) is 17.0 Å². The summed E-state index contributed by atoms with van der Waals surface area (Å²) in [6.45, 7) is 4.46. The van der Waals surface area contributed by atoms with Gasteiger partial charge in [-0.1, -0.05) is 18.1 Å². The van der Waals surface area contributed by atoms with Crippen molar-refractivity contribution in [1.29, 1.82) is 0 Å². The van der Waals surface area contributed by atoms with E-state index >= 15 is 0 Å². The van der Waals surface area contributed by atoms with Gasteiger partial charge < -0.3 is 5.11 Å². The first-order valence-electron chi connectivity index (χ1n) is 9.41. The van der Waals surface area contributed by atoms with E-state index in [9.17, 15) is 9.90 Å². The molecule has 0 aliphatic heterocycles. The fourth-order valence-corrected chi connectivity index (χ4v) is 6.88. The van der Waals surface area contributed by atoms with Gasteiger partial charge in [-0.3, -0.25) is 4.79 Å². The molecule has 0 spiro atoms. The van der Waals surface area contributed by atoms with Crippen molar-refractivity contribution in [3.63, 3.8) is 0 Å². The first kappa shape index (κ1) is 14.9. The lowest BCUT2D eigenvalue weighted by Crippen LogP contribution is -2.45. The van der Waals surface area contributed by atoms with Crippen LogP contribution >= 0.6 is 0 Å². The van der Waals surface area contributed by atoms with Crippen molar-refractivity contribution in [3.8, 4) is 0 Å². The molecule has 0 unspecified atom stereocenters. The average molecular weight is 302 g/mol. The van der Waals surface area contributed by atoms with Gasteiger partial charge >= 0.3 is 0 Å². The van der Waals surface area contributed by atoms with E-state index in [-0.39, 0.29) is 6.10 Å². The Labute approximate surface area is 134 Å². The van der Waals surface area contributed by atoms with Crippen molar-refractivity contribution in [2.24, 2.45) is 29.1 Å². The summed E-state index contributed by atoms with van der Waals surface area (Å²) in [4.78, 5) is 11.8. The van der Waals surface area contributed by atoms with Crippen molar-refractivity contribution in [2.45, 2.75) is 77.7 Å². The summed E-state index contributed by atoms with van der Waals surface area (Å²) in [5.74, 6) is 3.37. The molecule has 4 aliphatic rings. The van der Waals surface area contributed by atoms with Crippen molar-refractivity contribution >= 4 is 5.78 Å². The SMILES string of the molecule is C[C@@H](O)[C@@H]1CC[C@@H]2[C@@H]3CCC4=C(CCC(=O)C4)[C@H]3CC[C@@]21C. The number of allylic oxidation sites excluding steroid dienone is 2. The summed E-state index contributed by atoms with van der Waals surface area (Å²) >= 11 is 0. The summed E-state index contributed by atoms with van der Waals surface area (Å²) in [7, 11) is 0. The van der Waals surface area contributed by atoms with Crippen molar-refractivity contribution in [1.82, 2.24) is 0 Å². The quantitative estimate of drug-likeness (QED) is 0.734. The molecule has 0 aromatic carbocycles. The smallest absolute Gasteiger partial charge is 0.137 e. The number of carbonyl (C=O) groups excluding carboxylic acids is 1. The molecule has 4 aliphatic carbocycles. The maximum Gasteiger partial charge on any atom is 0.137 e. The van der Waals surface area contributed by atoms with E-state index in [0.717, 1.165) is 37.0 Å². The Balaban J connectivity index is 1.62. The predicted octanol–water partition coefficient (Wildman–Crippen LogP) is 4.27. The normalized spacial score (nSPS) is 46.0. The van der Waals surface area contributed by atoms with Crippen LogP contribution < -0.4 is 0 Å². The molecule has 2 fully saturated rings. The average Bonchev–Trinajstić information content (AvgIpc) is 2.84. The maximum atomic E-state index is 11.8. The van der Waals surface area contributed by atoms with Gasteiger partial charge in [0.1, 0.15) is 5.78 Å². The highest BCUT2D eigenvalue weighted by Gasteiger charge is 2.55. The van der Waals surface area contributed by atoms with Gasteiger partial charge in [0, 0.05) is 12.8 Å². The Hall–Kier alpha value is -0.630. The molecular weight excluding hydrogens is 272 g/mol. The summed E-state index contributed by atoms with van der Waals surface area (Å²) in [5, 5.41) is 10.2. The highest BCUT2D eigenvalue weighted by Crippen LogP contribution is 2.63. The van der Waals surface area contributed by atoms with Crippen LogP contribution in [0.1, 0.15) is 71.6 Å². The van der Waals surface area contributed by atoms with E-state index in [0.29, 0.717) is 17.1 Å². The van der Waals surface area contributed by atoms with Crippen molar-refractivity contribution in [2.75, 3.05) is 0 Å². The molecule has 0 aromatic heterocycles. The highest BCUT2D eigenvalue weighted by molar-refractivity contribution is 5.82. The number of aliphatic hydroxyl groups is 1. The number of aliphatic hydroxyl groups excluding tert-OH is 1. The fraction of sp³-hybridized carbons (Fsp3) is 0.850. The molecule has 0 heterocycles. The van der Waals surface area contributed by atoms with Gasteiger partial charge in [-0.05, 0) is 81.0 Å². The molecule has 0 amide bonds. The van der Waals surface area contributed by atoms with Gasteiger partial charge in [-0.2, -0.15) is 0 Å². The predicted molar refractivity (Wildman–Crippen MR) is 87.3 cm³/mol. The lowest BCUT2D eigenvalue weighted by atomic mass is 9.53. The molecule has 4 rings (SSSR count). The number of Topliss-reactive ketones (excluding diaryl/α,β-unsaturated/α-hetero) is 1. The zero-order chi connectivity index (χ0) is 15.5. The van der Waals surface area contributed by atoms with Crippen LogP contribution in [0.2, 0.25) is 0 Å². The Bertz CT molecular complexity index is 518. The maximum absolute atomic E-state index is 11.8. The second kappa shape index (κ2) is 5.19. The van der Waals surface area contributed by atoms with Gasteiger partial charge in [0.05, 0.1) is 6.10 Å². The summed E-state index contributed by atoms with van der Waals surface area (Å²) in [6.07, 6.45) is 10.0. The number of ketones is 1. The molecule has 2 saturated carbocycles. The minimum Gasteiger partial charge on any atom is -0.393 e. The van der Waals surface area contributed by atoms with Crippen LogP contribution in [0.5, 0.6) is 0 Å². The molecule has 0 saturated heterocycles. The molecule has 2 heteroatoms. The van der Waals surface area contributed by atoms with Gasteiger partial charge in [0.2, 0.25) is 0 Å². The zero-order valence-electron chi connectivity index (χ0n) is 14.1.